The quantitative estimate of drug-likeness (QED) is 0.797. The normalized spacial score (nSPS) is 16.2. The molecule has 2 heterocycles. The van der Waals surface area contributed by atoms with E-state index in [4.69, 9.17) is 14.7 Å². The Kier molecular flexibility index (Phi) is 5.86. The number of amides is 2. The van der Waals surface area contributed by atoms with Crippen molar-refractivity contribution in [2.45, 2.75) is 45.4 Å². The highest BCUT2D eigenvalue weighted by Gasteiger charge is 2.32. The molecule has 0 saturated heterocycles. The number of rotatable bonds is 4. The third kappa shape index (κ3) is 4.65. The molecule has 0 radical (unpaired) electrons. The monoisotopic (exact) mass is 413 g/mol. The molecule has 0 bridgehead atoms. The first-order chi connectivity index (χ1) is 14.2. The number of ether oxygens (including phenoxy) is 2. The van der Waals surface area contributed by atoms with Gasteiger partial charge in [0, 0.05) is 12.6 Å². The number of fused-ring (bicyclic) bond motifs is 1. The fraction of sp³-hybridized carbons (Fsp3) is 0.474. The molecule has 0 aliphatic carbocycles. The minimum absolute atomic E-state index is 0.0331. The molecule has 0 fully saturated rings. The van der Waals surface area contributed by atoms with E-state index in [0.717, 1.165) is 0 Å². The minimum Gasteiger partial charge on any atom is -0.489 e. The molecule has 1 N–H and O–H groups in total. The number of nitrogens with one attached hydrogen (secondary N) is 1. The Hall–Kier alpha value is -3.68. The Balaban J connectivity index is 1.83. The summed E-state index contributed by atoms with van der Waals surface area (Å²) in [6.45, 7) is 5.54. The largest absolute Gasteiger partial charge is 0.489 e. The van der Waals surface area contributed by atoms with Gasteiger partial charge in [0.25, 0.3) is 5.91 Å². The predicted molar refractivity (Wildman–Crippen MR) is 106 cm³/mol. The molecule has 30 heavy (non-hydrogen) atoms. The van der Waals surface area contributed by atoms with E-state index in [1.165, 1.54) is 9.58 Å². The maximum absolute atomic E-state index is 12.9. The van der Waals surface area contributed by atoms with Crippen molar-refractivity contribution in [2.24, 2.45) is 0 Å². The number of nitrogens with zero attached hydrogens (tertiary/aromatic N) is 6. The number of likely N-dealkylation sites (N-methyl/N-ethyl adjacent to an activating group) is 1. The molecule has 1 aliphatic rings. The van der Waals surface area contributed by atoms with Gasteiger partial charge in [-0.15, -0.1) is 5.10 Å². The lowest BCUT2D eigenvalue weighted by molar-refractivity contribution is -0.120. The summed E-state index contributed by atoms with van der Waals surface area (Å²) in [4.78, 5) is 26.4. The summed E-state index contributed by atoms with van der Waals surface area (Å²) in [5, 5.41) is 22.9. The number of tetrazole rings is 1. The summed E-state index contributed by atoms with van der Waals surface area (Å²) in [7, 11) is 1.60. The fourth-order valence-corrected chi connectivity index (χ4v) is 2.91. The van der Waals surface area contributed by atoms with Crippen LogP contribution in [0.2, 0.25) is 0 Å². The number of alkyl carbamates (subject to hydrolysis) is 1. The summed E-state index contributed by atoms with van der Waals surface area (Å²) in [6, 6.07) is 6.38. The van der Waals surface area contributed by atoms with Crippen molar-refractivity contribution in [3.8, 4) is 23.2 Å². The minimum atomic E-state index is -0.901. The van der Waals surface area contributed by atoms with Crippen LogP contribution in [-0.4, -0.2) is 57.5 Å². The Morgan fingerprint density at radius 2 is 2.20 bits per heavy atom. The van der Waals surface area contributed by atoms with Crippen LogP contribution in [-0.2, 0) is 16.1 Å². The first-order valence-electron chi connectivity index (χ1n) is 9.37. The highest BCUT2D eigenvalue weighted by molar-refractivity contribution is 6.00. The van der Waals surface area contributed by atoms with Crippen molar-refractivity contribution < 1.29 is 19.1 Å². The highest BCUT2D eigenvalue weighted by Crippen LogP contribution is 2.34. The van der Waals surface area contributed by atoms with E-state index in [1.807, 2.05) is 0 Å². The fourth-order valence-electron chi connectivity index (χ4n) is 2.91. The van der Waals surface area contributed by atoms with Crippen molar-refractivity contribution in [2.75, 3.05) is 18.6 Å². The molecule has 11 heteroatoms. The molecule has 2 aromatic rings. The smallest absolute Gasteiger partial charge is 0.408 e. The van der Waals surface area contributed by atoms with Crippen LogP contribution in [0.1, 0.15) is 27.2 Å². The zero-order valence-electron chi connectivity index (χ0n) is 17.2. The molecule has 11 nitrogen and oxygen atoms in total. The molecule has 158 valence electrons. The van der Waals surface area contributed by atoms with Crippen LogP contribution in [0.15, 0.2) is 18.2 Å². The van der Waals surface area contributed by atoms with Crippen molar-refractivity contribution in [1.82, 2.24) is 25.5 Å². The lowest BCUT2D eigenvalue weighted by Crippen LogP contribution is -2.50. The van der Waals surface area contributed by atoms with Crippen molar-refractivity contribution in [3.63, 3.8) is 0 Å². The third-order valence-electron chi connectivity index (χ3n) is 4.27. The molecule has 3 rings (SSSR count). The maximum atomic E-state index is 12.9. The molecule has 1 unspecified atom stereocenters. The number of carbonyl (C=O) groups excluding carboxylic acids is 2. The van der Waals surface area contributed by atoms with Gasteiger partial charge < -0.3 is 19.7 Å². The molecule has 1 aromatic heterocycles. The first kappa shape index (κ1) is 21.0. The summed E-state index contributed by atoms with van der Waals surface area (Å²) in [6.07, 6.45) is -0.427. The molecule has 2 amide bonds. The molecule has 1 aromatic carbocycles. The number of aromatic nitrogens is 4. The van der Waals surface area contributed by atoms with E-state index in [9.17, 15) is 9.59 Å². The van der Waals surface area contributed by atoms with Gasteiger partial charge in [-0.2, -0.15) is 5.26 Å². The number of benzene rings is 1. The number of anilines is 1. The number of aryl methyl sites for hydroxylation is 1. The molecule has 1 aliphatic heterocycles. The Bertz CT molecular complexity index is 989. The molecule has 1 atom stereocenters. The summed E-state index contributed by atoms with van der Waals surface area (Å²) >= 11 is 0. The van der Waals surface area contributed by atoms with Gasteiger partial charge in [0.15, 0.2) is 5.82 Å². The van der Waals surface area contributed by atoms with Crippen LogP contribution < -0.4 is 15.0 Å². The third-order valence-corrected chi connectivity index (χ3v) is 4.27. The summed E-state index contributed by atoms with van der Waals surface area (Å²) in [5.74, 6) is 0.613. The van der Waals surface area contributed by atoms with Gasteiger partial charge in [-0.3, -0.25) is 4.79 Å². The predicted octanol–water partition coefficient (Wildman–Crippen LogP) is 1.50. The first-order valence-corrected chi connectivity index (χ1v) is 9.37. The van der Waals surface area contributed by atoms with Gasteiger partial charge >= 0.3 is 6.09 Å². The van der Waals surface area contributed by atoms with Crippen LogP contribution >= 0.6 is 0 Å². The average Bonchev–Trinajstić information content (AvgIpc) is 3.11. The zero-order chi connectivity index (χ0) is 21.9. The number of carbonyl (C=O) groups is 2. The van der Waals surface area contributed by atoms with Gasteiger partial charge in [0.2, 0.25) is 0 Å². The SMILES string of the molecule is CN1C(=O)C(NC(=O)OC(C)(C)C)COc2ccc(-c3nnnn3CCC#N)cc21. The number of hydrogen-bond acceptors (Lipinski definition) is 8. The Morgan fingerprint density at radius 3 is 2.90 bits per heavy atom. The second-order valence-electron chi connectivity index (χ2n) is 7.72. The number of hydrogen-bond donors (Lipinski definition) is 1. The van der Waals surface area contributed by atoms with Crippen LogP contribution in [0.5, 0.6) is 5.75 Å². The van der Waals surface area contributed by atoms with E-state index < -0.39 is 17.7 Å². The highest BCUT2D eigenvalue weighted by atomic mass is 16.6. The standard InChI is InChI=1S/C19H23N7O4/c1-19(2,3)30-18(28)21-13-11-29-15-7-6-12(10-14(15)25(4)17(13)27)16-22-23-24-26(16)9-5-8-20/h6-7,10,13H,5,9,11H2,1-4H3,(H,21,28). The molecular weight excluding hydrogens is 390 g/mol. The summed E-state index contributed by atoms with van der Waals surface area (Å²) in [5.41, 5.74) is 0.497. The van der Waals surface area contributed by atoms with E-state index in [-0.39, 0.29) is 18.9 Å². The van der Waals surface area contributed by atoms with Crippen LogP contribution in [0.3, 0.4) is 0 Å². The lowest BCUT2D eigenvalue weighted by atomic mass is 10.1. The Labute approximate surface area is 173 Å². The van der Waals surface area contributed by atoms with Crippen LogP contribution in [0, 0.1) is 11.3 Å². The van der Waals surface area contributed by atoms with Gasteiger partial charge in [0.1, 0.15) is 24.0 Å². The van der Waals surface area contributed by atoms with E-state index in [1.54, 1.807) is 46.0 Å². The van der Waals surface area contributed by atoms with E-state index >= 15 is 0 Å². The van der Waals surface area contributed by atoms with Gasteiger partial charge in [0.05, 0.1) is 24.7 Å². The van der Waals surface area contributed by atoms with Gasteiger partial charge in [-0.1, -0.05) is 0 Å². The topological polar surface area (TPSA) is 135 Å². The molecular formula is C19H23N7O4. The van der Waals surface area contributed by atoms with Crippen LogP contribution in [0.25, 0.3) is 11.4 Å². The summed E-state index contributed by atoms with van der Waals surface area (Å²) < 4.78 is 12.5. The van der Waals surface area contributed by atoms with Crippen molar-refractivity contribution in [1.29, 1.82) is 5.26 Å². The molecule has 0 saturated carbocycles. The zero-order valence-corrected chi connectivity index (χ0v) is 17.2. The van der Waals surface area contributed by atoms with E-state index in [2.05, 4.69) is 26.9 Å². The second-order valence-corrected chi connectivity index (χ2v) is 7.72. The van der Waals surface area contributed by atoms with Crippen LogP contribution in [0.4, 0.5) is 10.5 Å². The van der Waals surface area contributed by atoms with Crippen molar-refractivity contribution >= 4 is 17.7 Å². The maximum Gasteiger partial charge on any atom is 0.408 e. The van der Waals surface area contributed by atoms with Gasteiger partial charge in [-0.25, -0.2) is 9.48 Å². The van der Waals surface area contributed by atoms with Crippen molar-refractivity contribution in [3.05, 3.63) is 18.2 Å². The Morgan fingerprint density at radius 1 is 1.43 bits per heavy atom. The lowest BCUT2D eigenvalue weighted by Gasteiger charge is -2.23. The second kappa shape index (κ2) is 8.36. The average molecular weight is 413 g/mol. The molecule has 0 spiro atoms. The van der Waals surface area contributed by atoms with Gasteiger partial charge in [-0.05, 0) is 49.4 Å². The number of nitriles is 1. The van der Waals surface area contributed by atoms with E-state index in [0.29, 0.717) is 29.4 Å².